The molecule has 0 radical (unpaired) electrons. The van der Waals surface area contributed by atoms with Crippen LogP contribution in [0.4, 0.5) is 0 Å². The molecular formula is C23H27NO7. The molecule has 31 heavy (non-hydrogen) atoms. The average molecular weight is 429 g/mol. The van der Waals surface area contributed by atoms with E-state index in [1.165, 1.54) is 16.7 Å². The number of aliphatic carboxylic acids is 2. The SMILES string of the molecule is CC(=O)c1ccc2c(c1)CN(C)CCC2c1ccccc1.O=C(O)[C@H](O)[C@@H](O)C(=O)O. The van der Waals surface area contributed by atoms with Crippen LogP contribution in [0, 0.1) is 0 Å². The largest absolute Gasteiger partial charge is 0.479 e. The van der Waals surface area contributed by atoms with Crippen LogP contribution in [0.5, 0.6) is 0 Å². The standard InChI is InChI=1S/C19H21NO.C4H6O6/c1-14(21)16-8-9-18-17(12-16)13-20(2)11-10-19(18)15-6-4-3-5-7-15;5-1(3(7)8)2(6)4(9)10/h3-9,12,19H,10-11,13H2,1-2H3;1-2,5-6H,(H,7,8)(H,9,10)/t;1-,2-/m.1/s1. The Morgan fingerprint density at radius 1 is 0.968 bits per heavy atom. The molecule has 3 atom stereocenters. The molecule has 3 rings (SSSR count). The molecule has 0 amide bonds. The van der Waals surface area contributed by atoms with E-state index in [0.29, 0.717) is 5.92 Å². The molecule has 0 fully saturated rings. The molecule has 0 aromatic heterocycles. The summed E-state index contributed by atoms with van der Waals surface area (Å²) in [7, 11) is 2.15. The molecule has 4 N–H and O–H groups in total. The van der Waals surface area contributed by atoms with E-state index in [0.717, 1.165) is 25.1 Å². The van der Waals surface area contributed by atoms with Gasteiger partial charge < -0.3 is 25.3 Å². The Balaban J connectivity index is 0.000000291. The van der Waals surface area contributed by atoms with E-state index in [4.69, 9.17) is 20.4 Å². The first-order valence-electron chi connectivity index (χ1n) is 9.80. The molecule has 2 aromatic rings. The summed E-state index contributed by atoms with van der Waals surface area (Å²) in [6, 6.07) is 16.9. The first kappa shape index (κ1) is 24.2. The molecular weight excluding hydrogens is 402 g/mol. The van der Waals surface area contributed by atoms with Gasteiger partial charge in [0, 0.05) is 18.0 Å². The Bertz CT molecular complexity index is 911. The Labute approximate surface area is 180 Å². The van der Waals surface area contributed by atoms with E-state index < -0.39 is 24.1 Å². The molecule has 0 aliphatic carbocycles. The van der Waals surface area contributed by atoms with Gasteiger partial charge >= 0.3 is 11.9 Å². The number of carbonyl (C=O) groups excluding carboxylic acids is 1. The van der Waals surface area contributed by atoms with Crippen LogP contribution in [0.25, 0.3) is 0 Å². The average Bonchev–Trinajstić information content (AvgIpc) is 2.91. The fourth-order valence-corrected chi connectivity index (χ4v) is 3.48. The van der Waals surface area contributed by atoms with E-state index in [-0.39, 0.29) is 5.78 Å². The van der Waals surface area contributed by atoms with Crippen molar-refractivity contribution in [1.82, 2.24) is 4.90 Å². The Morgan fingerprint density at radius 2 is 1.55 bits per heavy atom. The Morgan fingerprint density at radius 3 is 2.06 bits per heavy atom. The van der Waals surface area contributed by atoms with Gasteiger partial charge in [0.15, 0.2) is 18.0 Å². The van der Waals surface area contributed by atoms with Crippen molar-refractivity contribution in [2.45, 2.75) is 38.0 Å². The molecule has 0 saturated heterocycles. The highest BCUT2D eigenvalue weighted by molar-refractivity contribution is 5.94. The van der Waals surface area contributed by atoms with Gasteiger partial charge in [-0.2, -0.15) is 0 Å². The number of ketones is 1. The minimum atomic E-state index is -2.27. The van der Waals surface area contributed by atoms with Gasteiger partial charge in [0.2, 0.25) is 0 Å². The zero-order chi connectivity index (χ0) is 23.1. The van der Waals surface area contributed by atoms with E-state index >= 15 is 0 Å². The third-order valence-electron chi connectivity index (χ3n) is 5.17. The quantitative estimate of drug-likeness (QED) is 0.528. The maximum absolute atomic E-state index is 11.6. The molecule has 8 heteroatoms. The number of benzene rings is 2. The van der Waals surface area contributed by atoms with Crippen LogP contribution < -0.4 is 0 Å². The second-order valence-electron chi connectivity index (χ2n) is 7.53. The summed E-state index contributed by atoms with van der Waals surface area (Å²) in [6.45, 7) is 3.63. The first-order chi connectivity index (χ1) is 14.6. The number of carboxylic acid groups (broad SMARTS) is 2. The predicted octanol–water partition coefficient (Wildman–Crippen LogP) is 1.73. The highest BCUT2D eigenvalue weighted by atomic mass is 16.4. The summed E-state index contributed by atoms with van der Waals surface area (Å²) in [4.78, 5) is 33.5. The van der Waals surface area contributed by atoms with Crippen LogP contribution in [0.1, 0.15) is 46.3 Å². The fraction of sp³-hybridized carbons (Fsp3) is 0.348. The molecule has 8 nitrogen and oxygen atoms in total. The molecule has 1 aliphatic rings. The van der Waals surface area contributed by atoms with Crippen LogP contribution in [0.3, 0.4) is 0 Å². The molecule has 0 spiro atoms. The van der Waals surface area contributed by atoms with Gasteiger partial charge in [-0.25, -0.2) is 9.59 Å². The van der Waals surface area contributed by atoms with Gasteiger partial charge in [-0.15, -0.1) is 0 Å². The van der Waals surface area contributed by atoms with Gasteiger partial charge in [-0.1, -0.05) is 42.5 Å². The molecule has 1 aliphatic heterocycles. The number of carbonyl (C=O) groups is 3. The first-order valence-corrected chi connectivity index (χ1v) is 9.80. The highest BCUT2D eigenvalue weighted by Crippen LogP contribution is 2.34. The third kappa shape index (κ3) is 6.45. The Kier molecular flexibility index (Phi) is 8.44. The number of hydrogen-bond acceptors (Lipinski definition) is 6. The number of rotatable bonds is 5. The second-order valence-corrected chi connectivity index (χ2v) is 7.53. The summed E-state index contributed by atoms with van der Waals surface area (Å²) >= 11 is 0. The maximum Gasteiger partial charge on any atom is 0.335 e. The van der Waals surface area contributed by atoms with Crippen molar-refractivity contribution in [2.24, 2.45) is 0 Å². The molecule has 166 valence electrons. The summed E-state index contributed by atoms with van der Waals surface area (Å²) < 4.78 is 0. The van der Waals surface area contributed by atoms with Crippen molar-refractivity contribution in [2.75, 3.05) is 13.6 Å². The monoisotopic (exact) mass is 429 g/mol. The van der Waals surface area contributed by atoms with Crippen molar-refractivity contribution >= 4 is 17.7 Å². The normalized spacial score (nSPS) is 17.9. The zero-order valence-corrected chi connectivity index (χ0v) is 17.4. The Hall–Kier alpha value is -3.07. The van der Waals surface area contributed by atoms with E-state index in [1.54, 1.807) is 6.92 Å². The van der Waals surface area contributed by atoms with Crippen LogP contribution in [0.2, 0.25) is 0 Å². The number of fused-ring (bicyclic) bond motifs is 1. The lowest BCUT2D eigenvalue weighted by molar-refractivity contribution is -0.165. The van der Waals surface area contributed by atoms with Crippen LogP contribution in [-0.2, 0) is 16.1 Å². The van der Waals surface area contributed by atoms with Crippen molar-refractivity contribution in [3.63, 3.8) is 0 Å². The summed E-state index contributed by atoms with van der Waals surface area (Å²) in [5.41, 5.74) is 4.84. The number of Topliss-reactive ketones (excluding diaryl/α,β-unsaturated/α-hetero) is 1. The lowest BCUT2D eigenvalue weighted by atomic mass is 9.86. The van der Waals surface area contributed by atoms with Crippen molar-refractivity contribution in [3.8, 4) is 0 Å². The summed E-state index contributed by atoms with van der Waals surface area (Å²) in [6.07, 6.45) is -3.41. The number of carboxylic acids is 2. The summed E-state index contributed by atoms with van der Waals surface area (Å²) in [5, 5.41) is 32.5. The maximum atomic E-state index is 11.6. The van der Waals surface area contributed by atoms with Gasteiger partial charge in [0.25, 0.3) is 0 Å². The van der Waals surface area contributed by atoms with Crippen molar-refractivity contribution in [3.05, 3.63) is 70.8 Å². The van der Waals surface area contributed by atoms with Gasteiger partial charge in [0.05, 0.1) is 0 Å². The fourth-order valence-electron chi connectivity index (χ4n) is 3.48. The smallest absolute Gasteiger partial charge is 0.335 e. The van der Waals surface area contributed by atoms with Crippen LogP contribution in [-0.4, -0.2) is 68.8 Å². The minimum absolute atomic E-state index is 0.140. The summed E-state index contributed by atoms with van der Waals surface area (Å²) in [5.74, 6) is -2.97. The molecule has 0 bridgehead atoms. The predicted molar refractivity (Wildman–Crippen MR) is 113 cm³/mol. The van der Waals surface area contributed by atoms with E-state index in [2.05, 4.69) is 54.4 Å². The molecule has 0 saturated carbocycles. The van der Waals surface area contributed by atoms with E-state index in [9.17, 15) is 14.4 Å². The van der Waals surface area contributed by atoms with Crippen LogP contribution in [0.15, 0.2) is 48.5 Å². The third-order valence-corrected chi connectivity index (χ3v) is 5.17. The molecule has 1 unspecified atom stereocenters. The minimum Gasteiger partial charge on any atom is -0.479 e. The topological polar surface area (TPSA) is 135 Å². The lowest BCUT2D eigenvalue weighted by Crippen LogP contribution is -2.39. The number of aliphatic hydroxyl groups excluding tert-OH is 2. The lowest BCUT2D eigenvalue weighted by Gasteiger charge is -2.18. The van der Waals surface area contributed by atoms with Gasteiger partial charge in [-0.05, 0) is 49.7 Å². The highest BCUT2D eigenvalue weighted by Gasteiger charge is 2.29. The zero-order valence-electron chi connectivity index (χ0n) is 17.4. The number of hydrogen-bond donors (Lipinski definition) is 4. The molecule has 1 heterocycles. The van der Waals surface area contributed by atoms with Crippen LogP contribution >= 0.6 is 0 Å². The second kappa shape index (κ2) is 10.8. The van der Waals surface area contributed by atoms with E-state index in [1.807, 2.05) is 6.07 Å². The van der Waals surface area contributed by atoms with Gasteiger partial charge in [-0.3, -0.25) is 4.79 Å². The van der Waals surface area contributed by atoms with Crippen molar-refractivity contribution < 1.29 is 34.8 Å². The molecule has 2 aromatic carbocycles. The number of nitrogens with zero attached hydrogens (tertiary/aromatic N) is 1. The van der Waals surface area contributed by atoms with Gasteiger partial charge in [0.1, 0.15) is 0 Å². The number of aliphatic hydroxyl groups is 2. The van der Waals surface area contributed by atoms with Crippen molar-refractivity contribution in [1.29, 1.82) is 0 Å².